The van der Waals surface area contributed by atoms with Gasteiger partial charge in [0.1, 0.15) is 0 Å². The third-order valence-electron chi connectivity index (χ3n) is 1.02. The zero-order valence-corrected chi connectivity index (χ0v) is 5.41. The van der Waals surface area contributed by atoms with Gasteiger partial charge in [-0.15, -0.1) is 6.58 Å². The van der Waals surface area contributed by atoms with Crippen molar-refractivity contribution in [3.63, 3.8) is 0 Å². The Hall–Kier alpha value is -1.32. The van der Waals surface area contributed by atoms with E-state index in [4.69, 9.17) is 10.8 Å². The highest BCUT2D eigenvalue weighted by Crippen LogP contribution is 2.02. The Bertz CT molecular complexity index is 164. The van der Waals surface area contributed by atoms with Gasteiger partial charge in [0.15, 0.2) is 0 Å². The molecular weight excluding hydrogens is 134 g/mol. The molecule has 1 amide bonds. The molecule has 4 heteroatoms. The van der Waals surface area contributed by atoms with Crippen LogP contribution in [0.1, 0.15) is 6.42 Å². The zero-order valence-electron chi connectivity index (χ0n) is 5.41. The Labute approximate surface area is 58.3 Å². The van der Waals surface area contributed by atoms with Crippen LogP contribution in [0.2, 0.25) is 0 Å². The molecule has 0 aliphatic heterocycles. The Morgan fingerprint density at radius 2 is 2.20 bits per heavy atom. The maximum Gasteiger partial charge on any atom is 0.310 e. The lowest BCUT2D eigenvalue weighted by atomic mass is 10.1. The van der Waals surface area contributed by atoms with Crippen molar-refractivity contribution in [2.24, 2.45) is 11.7 Å². The molecule has 1 atom stereocenters. The van der Waals surface area contributed by atoms with E-state index in [1.165, 1.54) is 6.08 Å². The van der Waals surface area contributed by atoms with Crippen LogP contribution in [-0.2, 0) is 9.59 Å². The highest BCUT2D eigenvalue weighted by atomic mass is 16.4. The molecule has 0 saturated carbocycles. The van der Waals surface area contributed by atoms with Crippen molar-refractivity contribution in [2.75, 3.05) is 0 Å². The summed E-state index contributed by atoms with van der Waals surface area (Å²) in [4.78, 5) is 20.4. The van der Waals surface area contributed by atoms with Gasteiger partial charge < -0.3 is 10.8 Å². The average molecular weight is 143 g/mol. The predicted octanol–water partition coefficient (Wildman–Crippen LogP) is -0.251. The molecule has 0 radical (unpaired) electrons. The van der Waals surface area contributed by atoms with Crippen LogP contribution in [0.3, 0.4) is 0 Å². The number of hydrogen-bond donors (Lipinski definition) is 2. The van der Waals surface area contributed by atoms with Crippen molar-refractivity contribution >= 4 is 11.9 Å². The third kappa shape index (κ3) is 2.86. The van der Waals surface area contributed by atoms with Crippen LogP contribution in [0.4, 0.5) is 0 Å². The summed E-state index contributed by atoms with van der Waals surface area (Å²) in [6.07, 6.45) is 1.01. The van der Waals surface area contributed by atoms with Crippen LogP contribution < -0.4 is 5.73 Å². The minimum atomic E-state index is -1.08. The molecule has 56 valence electrons. The Balaban J connectivity index is 3.96. The molecule has 0 bridgehead atoms. The third-order valence-corrected chi connectivity index (χ3v) is 1.02. The van der Waals surface area contributed by atoms with Crippen LogP contribution in [0.5, 0.6) is 0 Å². The molecule has 10 heavy (non-hydrogen) atoms. The van der Waals surface area contributed by atoms with E-state index >= 15 is 0 Å². The monoisotopic (exact) mass is 143 g/mol. The van der Waals surface area contributed by atoms with Gasteiger partial charge in [-0.1, -0.05) is 6.08 Å². The lowest BCUT2D eigenvalue weighted by Gasteiger charge is -2.01. The molecule has 3 N–H and O–H groups in total. The normalized spacial score (nSPS) is 12.0. The van der Waals surface area contributed by atoms with Crippen LogP contribution in [-0.4, -0.2) is 17.0 Å². The first-order chi connectivity index (χ1) is 4.57. The molecule has 0 heterocycles. The van der Waals surface area contributed by atoms with Crippen molar-refractivity contribution in [3.8, 4) is 0 Å². The fourth-order valence-electron chi connectivity index (χ4n) is 0.488. The van der Waals surface area contributed by atoms with Crippen LogP contribution in [0.25, 0.3) is 0 Å². The van der Waals surface area contributed by atoms with Crippen molar-refractivity contribution in [1.29, 1.82) is 0 Å². The molecule has 0 aromatic rings. The van der Waals surface area contributed by atoms with E-state index in [0.717, 1.165) is 0 Å². The Morgan fingerprint density at radius 3 is 2.30 bits per heavy atom. The highest BCUT2D eigenvalue weighted by Gasteiger charge is 2.14. The maximum absolute atomic E-state index is 10.2. The second-order valence-corrected chi connectivity index (χ2v) is 1.85. The summed E-state index contributed by atoms with van der Waals surface area (Å²) < 4.78 is 0. The fourth-order valence-corrected chi connectivity index (χ4v) is 0.488. The Kier molecular flexibility index (Phi) is 3.17. The summed E-state index contributed by atoms with van der Waals surface area (Å²) in [5.41, 5.74) is 4.76. The van der Waals surface area contributed by atoms with E-state index in [2.05, 4.69) is 6.58 Å². The summed E-state index contributed by atoms with van der Waals surface area (Å²) in [5, 5.41) is 8.34. The van der Waals surface area contributed by atoms with Crippen LogP contribution in [0.15, 0.2) is 12.7 Å². The average Bonchev–Trinajstić information content (AvgIpc) is 1.81. The van der Waals surface area contributed by atoms with Crippen molar-refractivity contribution < 1.29 is 14.7 Å². The maximum atomic E-state index is 10.2. The molecule has 0 fully saturated rings. The number of carbonyl (C=O) groups excluding carboxylic acids is 1. The van der Waals surface area contributed by atoms with Crippen LogP contribution >= 0.6 is 0 Å². The van der Waals surface area contributed by atoms with E-state index in [1.54, 1.807) is 0 Å². The van der Waals surface area contributed by atoms with Gasteiger partial charge >= 0.3 is 5.97 Å². The second kappa shape index (κ2) is 3.66. The van der Waals surface area contributed by atoms with Gasteiger partial charge in [-0.25, -0.2) is 0 Å². The highest BCUT2D eigenvalue weighted by molar-refractivity contribution is 5.82. The lowest BCUT2D eigenvalue weighted by molar-refractivity contribution is -0.141. The molecule has 4 nitrogen and oxygen atoms in total. The number of rotatable bonds is 4. The van der Waals surface area contributed by atoms with E-state index in [9.17, 15) is 9.59 Å². The first-order valence-electron chi connectivity index (χ1n) is 2.71. The molecule has 0 aromatic heterocycles. The SMILES string of the molecule is C=CC(CC(N)=O)C(=O)O. The molecule has 1 unspecified atom stereocenters. The van der Waals surface area contributed by atoms with E-state index in [-0.39, 0.29) is 6.42 Å². The van der Waals surface area contributed by atoms with Crippen molar-refractivity contribution in [1.82, 2.24) is 0 Å². The van der Waals surface area contributed by atoms with Gasteiger partial charge in [-0.2, -0.15) is 0 Å². The molecule has 0 saturated heterocycles. The first-order valence-corrected chi connectivity index (χ1v) is 2.71. The van der Waals surface area contributed by atoms with Crippen LogP contribution in [0, 0.1) is 5.92 Å². The van der Waals surface area contributed by atoms with Gasteiger partial charge in [0.25, 0.3) is 0 Å². The summed E-state index contributed by atoms with van der Waals surface area (Å²) in [6, 6.07) is 0. The quantitative estimate of drug-likeness (QED) is 0.532. The number of carbonyl (C=O) groups is 2. The second-order valence-electron chi connectivity index (χ2n) is 1.85. The summed E-state index contributed by atoms with van der Waals surface area (Å²) in [7, 11) is 0. The zero-order chi connectivity index (χ0) is 8.15. The minimum Gasteiger partial charge on any atom is -0.481 e. The minimum absolute atomic E-state index is 0.182. The number of amides is 1. The van der Waals surface area contributed by atoms with E-state index < -0.39 is 17.8 Å². The van der Waals surface area contributed by atoms with E-state index in [0.29, 0.717) is 0 Å². The summed E-state index contributed by atoms with van der Waals surface area (Å²) in [5.74, 6) is -2.56. The topological polar surface area (TPSA) is 80.4 Å². The molecule has 0 spiro atoms. The predicted molar refractivity (Wildman–Crippen MR) is 35.1 cm³/mol. The number of nitrogens with two attached hydrogens (primary N) is 1. The van der Waals surface area contributed by atoms with Gasteiger partial charge in [0.05, 0.1) is 5.92 Å². The number of primary amides is 1. The number of hydrogen-bond acceptors (Lipinski definition) is 2. The standard InChI is InChI=1S/C6H9NO3/c1-2-4(6(9)10)3-5(7)8/h2,4H,1,3H2,(H2,7,8)(H,9,10). The molecule has 0 aliphatic carbocycles. The van der Waals surface area contributed by atoms with Crippen molar-refractivity contribution in [3.05, 3.63) is 12.7 Å². The van der Waals surface area contributed by atoms with Gasteiger partial charge in [0.2, 0.25) is 5.91 Å². The summed E-state index contributed by atoms with van der Waals surface area (Å²) in [6.45, 7) is 3.25. The van der Waals surface area contributed by atoms with Gasteiger partial charge in [-0.3, -0.25) is 9.59 Å². The van der Waals surface area contributed by atoms with E-state index in [1.807, 2.05) is 0 Å². The number of carboxylic acid groups (broad SMARTS) is 1. The Morgan fingerprint density at radius 1 is 1.70 bits per heavy atom. The molecular formula is C6H9NO3. The molecule has 0 rings (SSSR count). The molecule has 0 aromatic carbocycles. The largest absolute Gasteiger partial charge is 0.481 e. The number of aliphatic carboxylic acids is 1. The summed E-state index contributed by atoms with van der Waals surface area (Å²) >= 11 is 0. The molecule has 0 aliphatic rings. The smallest absolute Gasteiger partial charge is 0.310 e. The fraction of sp³-hybridized carbons (Fsp3) is 0.333. The van der Waals surface area contributed by atoms with Gasteiger partial charge in [-0.05, 0) is 0 Å². The van der Waals surface area contributed by atoms with Gasteiger partial charge in [0, 0.05) is 6.42 Å². The van der Waals surface area contributed by atoms with Crippen molar-refractivity contribution in [2.45, 2.75) is 6.42 Å². The number of carboxylic acids is 1. The lowest BCUT2D eigenvalue weighted by Crippen LogP contribution is -2.20. The first kappa shape index (κ1) is 8.68.